The zero-order valence-corrected chi connectivity index (χ0v) is 14.4. The van der Waals surface area contributed by atoms with Gasteiger partial charge in [-0.15, -0.1) is 11.8 Å². The van der Waals surface area contributed by atoms with E-state index >= 15 is 0 Å². The van der Waals surface area contributed by atoms with Gasteiger partial charge in [-0.1, -0.05) is 18.2 Å². The van der Waals surface area contributed by atoms with Gasteiger partial charge in [0.05, 0.1) is 5.69 Å². The second kappa shape index (κ2) is 8.06. The average Bonchev–Trinajstić information content (AvgIpc) is 3.15. The fourth-order valence-corrected chi connectivity index (χ4v) is 3.64. The molecule has 1 aromatic heterocycles. The van der Waals surface area contributed by atoms with E-state index in [1.807, 2.05) is 25.4 Å². The van der Waals surface area contributed by atoms with Gasteiger partial charge >= 0.3 is 0 Å². The van der Waals surface area contributed by atoms with E-state index in [2.05, 4.69) is 50.9 Å². The minimum Gasteiger partial charge on any atom is -0.387 e. The van der Waals surface area contributed by atoms with Crippen molar-refractivity contribution in [2.45, 2.75) is 18.6 Å². The highest BCUT2D eigenvalue weighted by Crippen LogP contribution is 2.24. The molecule has 0 bridgehead atoms. The number of hydrogen-bond acceptors (Lipinski definition) is 4. The Hall–Kier alpha value is -1.94. The van der Waals surface area contributed by atoms with Crippen molar-refractivity contribution in [1.29, 1.82) is 0 Å². The van der Waals surface area contributed by atoms with Crippen LogP contribution in [0, 0.1) is 0 Å². The van der Waals surface area contributed by atoms with Crippen LogP contribution in [0.25, 0.3) is 5.70 Å². The number of rotatable bonds is 6. The first-order chi connectivity index (χ1) is 11.4. The van der Waals surface area contributed by atoms with Crippen LogP contribution in [0.2, 0.25) is 0 Å². The molecule has 1 fully saturated rings. The van der Waals surface area contributed by atoms with Crippen molar-refractivity contribution >= 4 is 23.1 Å². The van der Waals surface area contributed by atoms with Gasteiger partial charge in [0.1, 0.15) is 0 Å². The highest BCUT2D eigenvalue weighted by Gasteiger charge is 2.12. The molecular formula is C19H23N3S. The first kappa shape index (κ1) is 15.9. The molecule has 1 aliphatic rings. The molecule has 1 aliphatic heterocycles. The number of benzene rings is 1. The van der Waals surface area contributed by atoms with Crippen molar-refractivity contribution in [2.24, 2.45) is 0 Å². The lowest BCUT2D eigenvalue weighted by molar-refractivity contribution is 0.949. The third-order valence-corrected chi connectivity index (χ3v) is 4.94. The average molecular weight is 325 g/mol. The van der Waals surface area contributed by atoms with Gasteiger partial charge in [-0.05, 0) is 48.1 Å². The summed E-state index contributed by atoms with van der Waals surface area (Å²) in [7, 11) is 1.97. The summed E-state index contributed by atoms with van der Waals surface area (Å²) in [5, 5.41) is 5.48. The Balaban J connectivity index is 1.64. The fourth-order valence-electron chi connectivity index (χ4n) is 2.79. The third kappa shape index (κ3) is 4.29. The fraction of sp³-hybridized carbons (Fsp3) is 0.316. The van der Waals surface area contributed by atoms with Gasteiger partial charge in [0, 0.05) is 43.5 Å². The zero-order valence-electron chi connectivity index (χ0n) is 13.5. The van der Waals surface area contributed by atoms with E-state index in [4.69, 9.17) is 0 Å². The van der Waals surface area contributed by atoms with E-state index < -0.39 is 0 Å². The van der Waals surface area contributed by atoms with E-state index in [1.54, 1.807) is 11.8 Å². The topological polar surface area (TPSA) is 28.2 Å². The van der Waals surface area contributed by atoms with Crippen LogP contribution < -0.4 is 10.2 Å². The number of aromatic nitrogens is 1. The molecule has 1 saturated heterocycles. The summed E-state index contributed by atoms with van der Waals surface area (Å²) in [6.45, 7) is 2.38. The van der Waals surface area contributed by atoms with Crippen molar-refractivity contribution in [3.63, 3.8) is 0 Å². The zero-order chi connectivity index (χ0) is 15.9. The number of anilines is 1. The maximum atomic E-state index is 4.35. The summed E-state index contributed by atoms with van der Waals surface area (Å²) in [5.41, 5.74) is 4.82. The molecule has 0 radical (unpaired) electrons. The van der Waals surface area contributed by atoms with Crippen molar-refractivity contribution in [2.75, 3.05) is 25.0 Å². The molecule has 0 aliphatic carbocycles. The van der Waals surface area contributed by atoms with E-state index in [1.165, 1.54) is 37.2 Å². The lowest BCUT2D eigenvalue weighted by Crippen LogP contribution is -2.17. The number of nitrogens with zero attached hydrogens (tertiary/aromatic N) is 2. The van der Waals surface area contributed by atoms with E-state index in [0.717, 1.165) is 17.1 Å². The smallest absolute Gasteiger partial charge is 0.0506 e. The third-order valence-electron chi connectivity index (χ3n) is 4.08. The number of nitrogens with one attached hydrogen (secondary N) is 1. The molecule has 0 atom stereocenters. The second-order valence-electron chi connectivity index (χ2n) is 5.65. The summed E-state index contributed by atoms with van der Waals surface area (Å²) in [6.07, 6.45) is 4.47. The summed E-state index contributed by atoms with van der Waals surface area (Å²) in [5.74, 6) is 0.887. The Morgan fingerprint density at radius 3 is 2.61 bits per heavy atom. The Labute approximate surface area is 142 Å². The quantitative estimate of drug-likeness (QED) is 0.864. The van der Waals surface area contributed by atoms with Gasteiger partial charge < -0.3 is 10.2 Å². The lowest BCUT2D eigenvalue weighted by Gasteiger charge is -2.18. The molecule has 120 valence electrons. The maximum Gasteiger partial charge on any atom is 0.0506 e. The molecule has 2 heterocycles. The van der Waals surface area contributed by atoms with Crippen LogP contribution in [-0.2, 0) is 5.75 Å². The van der Waals surface area contributed by atoms with E-state index in [9.17, 15) is 0 Å². The SMILES string of the molecule is CN/C(=C\SCc1ccccn1)c1ccc(N2CCCC2)cc1. The molecule has 1 aromatic carbocycles. The van der Waals surface area contributed by atoms with Crippen LogP contribution in [0.3, 0.4) is 0 Å². The van der Waals surface area contributed by atoms with Crippen LogP contribution in [0.1, 0.15) is 24.1 Å². The molecule has 1 N–H and O–H groups in total. The first-order valence-electron chi connectivity index (χ1n) is 8.11. The van der Waals surface area contributed by atoms with E-state index in [-0.39, 0.29) is 0 Å². The number of thioether (sulfide) groups is 1. The normalized spacial score (nSPS) is 15.0. The summed E-state index contributed by atoms with van der Waals surface area (Å²) < 4.78 is 0. The van der Waals surface area contributed by atoms with Gasteiger partial charge in [-0.2, -0.15) is 0 Å². The predicted molar refractivity (Wildman–Crippen MR) is 100 cm³/mol. The van der Waals surface area contributed by atoms with Crippen molar-refractivity contribution in [3.05, 3.63) is 65.3 Å². The highest BCUT2D eigenvalue weighted by molar-refractivity contribution is 8.01. The Kier molecular flexibility index (Phi) is 5.59. The van der Waals surface area contributed by atoms with E-state index in [0.29, 0.717) is 0 Å². The summed E-state index contributed by atoms with van der Waals surface area (Å²) in [6, 6.07) is 14.9. The maximum absolute atomic E-state index is 4.35. The standard InChI is InChI=1S/C19H23N3S/c1-20-19(15-23-14-17-6-2-3-11-21-17)16-7-9-18(10-8-16)22-12-4-5-13-22/h2-3,6-11,15,20H,4-5,12-14H2,1H3/b19-15-. The Morgan fingerprint density at radius 1 is 1.17 bits per heavy atom. The first-order valence-corrected chi connectivity index (χ1v) is 9.16. The van der Waals surface area contributed by atoms with Crippen molar-refractivity contribution in [1.82, 2.24) is 10.3 Å². The molecule has 0 saturated carbocycles. The Bertz CT molecular complexity index is 631. The van der Waals surface area contributed by atoms with Crippen molar-refractivity contribution < 1.29 is 0 Å². The molecule has 23 heavy (non-hydrogen) atoms. The van der Waals surface area contributed by atoms with Crippen molar-refractivity contribution in [3.8, 4) is 0 Å². The molecule has 0 amide bonds. The Morgan fingerprint density at radius 2 is 1.96 bits per heavy atom. The van der Waals surface area contributed by atoms with Crippen LogP contribution in [0.5, 0.6) is 0 Å². The molecule has 4 heteroatoms. The molecular weight excluding hydrogens is 302 g/mol. The second-order valence-corrected chi connectivity index (χ2v) is 6.51. The summed E-state index contributed by atoms with van der Waals surface area (Å²) in [4.78, 5) is 6.81. The highest BCUT2D eigenvalue weighted by atomic mass is 32.2. The minimum atomic E-state index is 0.887. The largest absolute Gasteiger partial charge is 0.387 e. The molecule has 3 rings (SSSR count). The lowest BCUT2D eigenvalue weighted by atomic mass is 10.1. The monoisotopic (exact) mass is 325 g/mol. The van der Waals surface area contributed by atoms with Gasteiger partial charge in [-0.25, -0.2) is 0 Å². The minimum absolute atomic E-state index is 0.887. The van der Waals surface area contributed by atoms with Gasteiger partial charge in [0.2, 0.25) is 0 Å². The molecule has 0 unspecified atom stereocenters. The van der Waals surface area contributed by atoms with Gasteiger partial charge in [-0.3, -0.25) is 4.98 Å². The number of pyridine rings is 1. The number of hydrogen-bond donors (Lipinski definition) is 1. The van der Waals surface area contributed by atoms with Crippen LogP contribution >= 0.6 is 11.8 Å². The van der Waals surface area contributed by atoms with Crippen LogP contribution in [0.15, 0.2) is 54.1 Å². The molecule has 2 aromatic rings. The van der Waals surface area contributed by atoms with Crippen LogP contribution in [0.4, 0.5) is 5.69 Å². The molecule has 0 spiro atoms. The van der Waals surface area contributed by atoms with Gasteiger partial charge in [0.15, 0.2) is 0 Å². The van der Waals surface area contributed by atoms with Gasteiger partial charge in [0.25, 0.3) is 0 Å². The summed E-state index contributed by atoms with van der Waals surface area (Å²) >= 11 is 1.77. The predicted octanol–water partition coefficient (Wildman–Crippen LogP) is 4.13. The van der Waals surface area contributed by atoms with Crippen LogP contribution in [-0.4, -0.2) is 25.1 Å². The molecule has 3 nitrogen and oxygen atoms in total.